The van der Waals surface area contributed by atoms with Crippen LogP contribution < -0.4 is 5.32 Å². The van der Waals surface area contributed by atoms with E-state index in [9.17, 15) is 9.18 Å². The number of hydrogen-bond donors (Lipinski definition) is 1. The van der Waals surface area contributed by atoms with Crippen LogP contribution in [0.4, 0.5) is 4.39 Å². The van der Waals surface area contributed by atoms with E-state index in [2.05, 4.69) is 5.32 Å². The molecule has 1 N–H and O–H groups in total. The lowest BCUT2D eigenvalue weighted by Gasteiger charge is -2.29. The van der Waals surface area contributed by atoms with Gasteiger partial charge in [-0.15, -0.1) is 11.6 Å². The van der Waals surface area contributed by atoms with Crippen molar-refractivity contribution in [3.8, 4) is 0 Å². The topological polar surface area (TPSA) is 29.1 Å². The highest BCUT2D eigenvalue weighted by Crippen LogP contribution is 2.27. The van der Waals surface area contributed by atoms with Gasteiger partial charge < -0.3 is 5.32 Å². The van der Waals surface area contributed by atoms with Crippen molar-refractivity contribution in [2.45, 2.75) is 26.7 Å². The molecular formula is C14H18Cl2FNO. The van der Waals surface area contributed by atoms with E-state index in [1.165, 1.54) is 18.2 Å². The fourth-order valence-corrected chi connectivity index (χ4v) is 2.42. The lowest BCUT2D eigenvalue weighted by molar-refractivity contribution is 0.0927. The molecule has 0 saturated carbocycles. The molecule has 19 heavy (non-hydrogen) atoms. The van der Waals surface area contributed by atoms with Crippen molar-refractivity contribution in [2.75, 3.05) is 12.4 Å². The second-order valence-corrected chi connectivity index (χ2v) is 5.35. The molecule has 1 aromatic carbocycles. The first-order chi connectivity index (χ1) is 8.98. The molecule has 0 fully saturated rings. The standard InChI is InChI=1S/C14H18Cl2FNO/c1-3-14(4-2,8-15)9-18-13(19)11-7-10(16)5-6-12(11)17/h5-7H,3-4,8-9H2,1-2H3,(H,18,19). The third-order valence-electron chi connectivity index (χ3n) is 3.58. The molecule has 0 aliphatic rings. The Balaban J connectivity index is 2.77. The summed E-state index contributed by atoms with van der Waals surface area (Å²) in [6, 6.07) is 3.92. The molecule has 1 aromatic rings. The van der Waals surface area contributed by atoms with Gasteiger partial charge in [0.15, 0.2) is 0 Å². The predicted molar refractivity (Wildman–Crippen MR) is 77.5 cm³/mol. The van der Waals surface area contributed by atoms with Gasteiger partial charge in [0.05, 0.1) is 5.56 Å². The van der Waals surface area contributed by atoms with E-state index >= 15 is 0 Å². The van der Waals surface area contributed by atoms with E-state index in [0.717, 1.165) is 12.8 Å². The van der Waals surface area contributed by atoms with Gasteiger partial charge in [-0.25, -0.2) is 4.39 Å². The summed E-state index contributed by atoms with van der Waals surface area (Å²) in [5.74, 6) is -0.582. The van der Waals surface area contributed by atoms with E-state index < -0.39 is 11.7 Å². The minimum Gasteiger partial charge on any atom is -0.351 e. The van der Waals surface area contributed by atoms with E-state index in [-0.39, 0.29) is 11.0 Å². The van der Waals surface area contributed by atoms with Crippen LogP contribution in [0.2, 0.25) is 5.02 Å². The Kier molecular flexibility index (Phi) is 6.08. The highest BCUT2D eigenvalue weighted by Gasteiger charge is 2.26. The number of nitrogens with one attached hydrogen (secondary N) is 1. The number of hydrogen-bond acceptors (Lipinski definition) is 1. The number of benzene rings is 1. The molecule has 0 bridgehead atoms. The fraction of sp³-hybridized carbons (Fsp3) is 0.500. The summed E-state index contributed by atoms with van der Waals surface area (Å²) in [4.78, 5) is 12.0. The molecule has 0 spiro atoms. The lowest BCUT2D eigenvalue weighted by Crippen LogP contribution is -2.38. The van der Waals surface area contributed by atoms with Gasteiger partial charge in [0, 0.05) is 22.9 Å². The summed E-state index contributed by atoms with van der Waals surface area (Å²) in [5.41, 5.74) is -0.185. The van der Waals surface area contributed by atoms with Crippen LogP contribution in [0.1, 0.15) is 37.0 Å². The zero-order valence-corrected chi connectivity index (χ0v) is 12.6. The Bertz CT molecular complexity index is 439. The van der Waals surface area contributed by atoms with E-state index in [0.29, 0.717) is 17.4 Å². The van der Waals surface area contributed by atoms with E-state index in [1.807, 2.05) is 13.8 Å². The fourth-order valence-electron chi connectivity index (χ4n) is 1.77. The molecule has 0 saturated heterocycles. The number of rotatable bonds is 6. The number of carbonyl (C=O) groups excluding carboxylic acids is 1. The number of halogens is 3. The van der Waals surface area contributed by atoms with Crippen molar-refractivity contribution in [3.63, 3.8) is 0 Å². The second kappa shape index (κ2) is 7.11. The van der Waals surface area contributed by atoms with E-state index in [4.69, 9.17) is 23.2 Å². The first-order valence-corrected chi connectivity index (χ1v) is 7.18. The summed E-state index contributed by atoms with van der Waals surface area (Å²) < 4.78 is 13.5. The van der Waals surface area contributed by atoms with Crippen molar-refractivity contribution >= 4 is 29.1 Å². The molecule has 0 radical (unpaired) electrons. The Morgan fingerprint density at radius 3 is 2.53 bits per heavy atom. The molecule has 0 aliphatic carbocycles. The summed E-state index contributed by atoms with van der Waals surface area (Å²) in [7, 11) is 0. The van der Waals surface area contributed by atoms with Crippen LogP contribution >= 0.6 is 23.2 Å². The zero-order valence-electron chi connectivity index (χ0n) is 11.1. The molecule has 1 rings (SSSR count). The smallest absolute Gasteiger partial charge is 0.254 e. The van der Waals surface area contributed by atoms with Crippen molar-refractivity contribution in [1.29, 1.82) is 0 Å². The average Bonchev–Trinajstić information content (AvgIpc) is 2.43. The van der Waals surface area contributed by atoms with Crippen LogP contribution in [0, 0.1) is 11.2 Å². The highest BCUT2D eigenvalue weighted by molar-refractivity contribution is 6.31. The maximum atomic E-state index is 13.5. The van der Waals surface area contributed by atoms with Gasteiger partial charge in [-0.3, -0.25) is 4.79 Å². The maximum absolute atomic E-state index is 13.5. The van der Waals surface area contributed by atoms with Crippen LogP contribution in [0.5, 0.6) is 0 Å². The Morgan fingerprint density at radius 1 is 1.37 bits per heavy atom. The minimum atomic E-state index is -0.577. The predicted octanol–water partition coefficient (Wildman–Crippen LogP) is 4.25. The first kappa shape index (κ1) is 16.3. The largest absolute Gasteiger partial charge is 0.351 e. The van der Waals surface area contributed by atoms with Gasteiger partial charge in [0.1, 0.15) is 5.82 Å². The first-order valence-electron chi connectivity index (χ1n) is 6.27. The number of amides is 1. The molecule has 2 nitrogen and oxygen atoms in total. The summed E-state index contributed by atoms with van der Waals surface area (Å²) in [5, 5.41) is 3.07. The lowest BCUT2D eigenvalue weighted by atomic mass is 9.84. The molecule has 106 valence electrons. The second-order valence-electron chi connectivity index (χ2n) is 4.65. The molecular weight excluding hydrogens is 288 g/mol. The highest BCUT2D eigenvalue weighted by atomic mass is 35.5. The third kappa shape index (κ3) is 4.08. The van der Waals surface area contributed by atoms with Crippen LogP contribution in [-0.2, 0) is 0 Å². The Hall–Kier alpha value is -0.800. The van der Waals surface area contributed by atoms with Crippen molar-refractivity contribution in [2.24, 2.45) is 5.41 Å². The van der Waals surface area contributed by atoms with Crippen molar-refractivity contribution in [1.82, 2.24) is 5.32 Å². The van der Waals surface area contributed by atoms with Gasteiger partial charge in [0.2, 0.25) is 0 Å². The summed E-state index contributed by atoms with van der Waals surface area (Å²) in [6.07, 6.45) is 1.70. The SMILES string of the molecule is CCC(CC)(CCl)CNC(=O)c1cc(Cl)ccc1F. The minimum absolute atomic E-state index is 0.0387. The number of alkyl halides is 1. The molecule has 0 unspecified atom stereocenters. The molecule has 0 aliphatic heterocycles. The average molecular weight is 306 g/mol. The van der Waals surface area contributed by atoms with E-state index in [1.54, 1.807) is 0 Å². The monoisotopic (exact) mass is 305 g/mol. The summed E-state index contributed by atoms with van der Waals surface area (Å²) >= 11 is 11.7. The van der Waals surface area contributed by atoms with Crippen LogP contribution in [0.25, 0.3) is 0 Å². The van der Waals surface area contributed by atoms with Gasteiger partial charge in [-0.2, -0.15) is 0 Å². The van der Waals surface area contributed by atoms with Crippen molar-refractivity contribution in [3.05, 3.63) is 34.6 Å². The molecule has 0 heterocycles. The van der Waals surface area contributed by atoms with Gasteiger partial charge in [-0.05, 0) is 31.0 Å². The Labute approximate surface area is 123 Å². The molecule has 0 atom stereocenters. The van der Waals surface area contributed by atoms with Gasteiger partial charge in [-0.1, -0.05) is 25.4 Å². The molecule has 5 heteroatoms. The molecule has 1 amide bonds. The van der Waals surface area contributed by atoms with Crippen molar-refractivity contribution < 1.29 is 9.18 Å². The van der Waals surface area contributed by atoms with Crippen LogP contribution in [0.15, 0.2) is 18.2 Å². The van der Waals surface area contributed by atoms with Gasteiger partial charge >= 0.3 is 0 Å². The summed E-state index contributed by atoms with van der Waals surface area (Å²) in [6.45, 7) is 4.48. The maximum Gasteiger partial charge on any atom is 0.254 e. The molecule has 0 aromatic heterocycles. The number of carbonyl (C=O) groups is 1. The third-order valence-corrected chi connectivity index (χ3v) is 4.38. The Morgan fingerprint density at radius 2 is 2.00 bits per heavy atom. The zero-order chi connectivity index (χ0) is 14.5. The van der Waals surface area contributed by atoms with Gasteiger partial charge in [0.25, 0.3) is 5.91 Å². The van der Waals surface area contributed by atoms with Crippen LogP contribution in [-0.4, -0.2) is 18.3 Å². The normalized spacial score (nSPS) is 11.4. The quantitative estimate of drug-likeness (QED) is 0.782. The van der Waals surface area contributed by atoms with Crippen LogP contribution in [0.3, 0.4) is 0 Å².